The van der Waals surface area contributed by atoms with Gasteiger partial charge in [-0.3, -0.25) is 14.4 Å². The highest BCUT2D eigenvalue weighted by Crippen LogP contribution is 2.37. The lowest BCUT2D eigenvalue weighted by atomic mass is 10.1. The van der Waals surface area contributed by atoms with E-state index in [0.29, 0.717) is 22.7 Å². The second-order valence-corrected chi connectivity index (χ2v) is 12.8. The highest BCUT2D eigenvalue weighted by molar-refractivity contribution is 8.00. The molecule has 252 valence electrons. The van der Waals surface area contributed by atoms with Gasteiger partial charge in [-0.25, -0.2) is 0 Å². The molecule has 0 saturated carbocycles. The summed E-state index contributed by atoms with van der Waals surface area (Å²) < 4.78 is 5.89. The van der Waals surface area contributed by atoms with Crippen molar-refractivity contribution in [1.82, 2.24) is 5.32 Å². The van der Waals surface area contributed by atoms with Gasteiger partial charge in [-0.05, 0) is 90.9 Å². The van der Waals surface area contributed by atoms with E-state index in [-0.39, 0.29) is 11.6 Å². The van der Waals surface area contributed by atoms with Crippen LogP contribution in [-0.2, 0) is 9.59 Å². The van der Waals surface area contributed by atoms with Gasteiger partial charge in [0.25, 0.3) is 11.8 Å². The first kappa shape index (κ1) is 34.5. The largest absolute Gasteiger partial charge is 0.457 e. The van der Waals surface area contributed by atoms with E-state index in [4.69, 9.17) is 4.74 Å². The van der Waals surface area contributed by atoms with Gasteiger partial charge < -0.3 is 20.7 Å². The molecule has 51 heavy (non-hydrogen) atoms. The van der Waals surface area contributed by atoms with Crippen LogP contribution in [0.2, 0.25) is 0 Å². The molecule has 0 aliphatic rings. The second-order valence-electron chi connectivity index (χ2n) is 11.6. The van der Waals surface area contributed by atoms with E-state index in [9.17, 15) is 14.4 Å². The molecular formula is C43H35N3O4S. The lowest BCUT2D eigenvalue weighted by molar-refractivity contribution is -0.116. The van der Waals surface area contributed by atoms with Gasteiger partial charge in [0.05, 0.1) is 0 Å². The predicted molar refractivity (Wildman–Crippen MR) is 205 cm³/mol. The fraction of sp³-hybridized carbons (Fsp3) is 0.0465. The maximum absolute atomic E-state index is 13.8. The van der Waals surface area contributed by atoms with E-state index in [1.807, 2.05) is 128 Å². The third-order valence-electron chi connectivity index (χ3n) is 7.67. The number of hydrogen-bond acceptors (Lipinski definition) is 5. The summed E-state index contributed by atoms with van der Waals surface area (Å²) in [5.74, 6) is 0.292. The van der Waals surface area contributed by atoms with Gasteiger partial charge in [-0.15, -0.1) is 11.8 Å². The average Bonchev–Trinajstić information content (AvgIpc) is 3.15. The Kier molecular flexibility index (Phi) is 11.4. The molecule has 0 heterocycles. The van der Waals surface area contributed by atoms with Crippen LogP contribution in [0, 0.1) is 6.92 Å². The summed E-state index contributed by atoms with van der Waals surface area (Å²) in [5.41, 5.74) is 4.28. The molecule has 1 unspecified atom stereocenters. The smallest absolute Gasteiger partial charge is 0.272 e. The van der Waals surface area contributed by atoms with Crippen molar-refractivity contribution in [1.29, 1.82) is 0 Å². The monoisotopic (exact) mass is 689 g/mol. The lowest BCUT2D eigenvalue weighted by Gasteiger charge is -2.18. The molecule has 0 bridgehead atoms. The van der Waals surface area contributed by atoms with Crippen LogP contribution >= 0.6 is 11.8 Å². The van der Waals surface area contributed by atoms with Crippen molar-refractivity contribution in [2.75, 3.05) is 10.6 Å². The first-order valence-corrected chi connectivity index (χ1v) is 17.2. The Balaban J connectivity index is 1.18. The Morgan fingerprint density at radius 2 is 1.27 bits per heavy atom. The van der Waals surface area contributed by atoms with Crippen molar-refractivity contribution >= 4 is 46.9 Å². The molecule has 8 heteroatoms. The third-order valence-corrected chi connectivity index (χ3v) is 8.92. The zero-order valence-corrected chi connectivity index (χ0v) is 28.6. The average molecular weight is 690 g/mol. The number of aryl methyl sites for hydroxylation is 1. The van der Waals surface area contributed by atoms with Crippen molar-refractivity contribution in [2.24, 2.45) is 0 Å². The summed E-state index contributed by atoms with van der Waals surface area (Å²) in [6, 6.07) is 49.9. The van der Waals surface area contributed by atoms with Crippen LogP contribution in [-0.4, -0.2) is 17.7 Å². The van der Waals surface area contributed by atoms with E-state index in [2.05, 4.69) is 16.0 Å². The third kappa shape index (κ3) is 9.84. The number of hydrogen-bond donors (Lipinski definition) is 3. The number of thioether (sulfide) groups is 1. The summed E-state index contributed by atoms with van der Waals surface area (Å²) in [6.45, 7) is 1.96. The van der Waals surface area contributed by atoms with Crippen LogP contribution in [0.3, 0.4) is 0 Å². The fourth-order valence-corrected chi connectivity index (χ4v) is 6.27. The minimum absolute atomic E-state index is 0.0919. The number of anilines is 2. The number of carbonyl (C=O) groups is 3. The molecule has 3 amide bonds. The number of carbonyl (C=O) groups excluding carboxylic acids is 3. The number of benzene rings is 6. The van der Waals surface area contributed by atoms with Crippen molar-refractivity contribution < 1.29 is 19.1 Å². The molecule has 0 aliphatic carbocycles. The predicted octanol–water partition coefficient (Wildman–Crippen LogP) is 9.67. The topological polar surface area (TPSA) is 96.5 Å². The molecule has 6 aromatic carbocycles. The van der Waals surface area contributed by atoms with Gasteiger partial charge in [0, 0.05) is 21.8 Å². The molecule has 0 radical (unpaired) electrons. The summed E-state index contributed by atoms with van der Waals surface area (Å²) in [7, 11) is 0. The number of nitrogens with one attached hydrogen (secondary N) is 3. The highest BCUT2D eigenvalue weighted by Gasteiger charge is 2.23. The lowest BCUT2D eigenvalue weighted by Crippen LogP contribution is -2.30. The molecule has 1 atom stereocenters. The molecule has 0 fully saturated rings. The summed E-state index contributed by atoms with van der Waals surface area (Å²) in [5, 5.41) is 8.16. The summed E-state index contributed by atoms with van der Waals surface area (Å²) >= 11 is 1.36. The standard InChI is InChI=1S/C43H35N3O4S/c1-30-13-11-14-31(27-30)28-39(46-41(47)33-17-7-3-8-18-33)42(48)45-35-19-12-22-38(29-35)51-40(32-15-5-2-6-16-32)43(49)44-34-23-25-37(26-24-34)50-36-20-9-4-10-21-36/h2-29,40H,1H3,(H,44,49)(H,45,48)(H,46,47)/b39-28+. The number of rotatable bonds is 12. The Bertz CT molecular complexity index is 2140. The van der Waals surface area contributed by atoms with Crippen LogP contribution in [0.1, 0.15) is 32.3 Å². The van der Waals surface area contributed by atoms with Crippen LogP contribution in [0.25, 0.3) is 6.08 Å². The molecule has 0 aromatic heterocycles. The van der Waals surface area contributed by atoms with Crippen molar-refractivity contribution in [2.45, 2.75) is 17.1 Å². The van der Waals surface area contributed by atoms with Gasteiger partial charge in [-0.2, -0.15) is 0 Å². The van der Waals surface area contributed by atoms with Crippen molar-refractivity contribution in [3.8, 4) is 11.5 Å². The minimum Gasteiger partial charge on any atom is -0.457 e. The Morgan fingerprint density at radius 1 is 0.627 bits per heavy atom. The van der Waals surface area contributed by atoms with Crippen molar-refractivity contribution in [3.05, 3.63) is 192 Å². The first-order valence-electron chi connectivity index (χ1n) is 16.3. The highest BCUT2D eigenvalue weighted by atomic mass is 32.2. The van der Waals surface area contributed by atoms with E-state index in [0.717, 1.165) is 27.3 Å². The number of para-hydroxylation sites is 1. The number of ether oxygens (including phenoxy) is 1. The maximum atomic E-state index is 13.8. The van der Waals surface area contributed by atoms with E-state index >= 15 is 0 Å². The van der Waals surface area contributed by atoms with Crippen LogP contribution in [0.5, 0.6) is 11.5 Å². The maximum Gasteiger partial charge on any atom is 0.272 e. The Morgan fingerprint density at radius 3 is 1.98 bits per heavy atom. The van der Waals surface area contributed by atoms with Gasteiger partial charge >= 0.3 is 0 Å². The van der Waals surface area contributed by atoms with Gasteiger partial charge in [0.2, 0.25) is 5.91 Å². The zero-order chi connectivity index (χ0) is 35.4. The molecule has 7 nitrogen and oxygen atoms in total. The van der Waals surface area contributed by atoms with E-state index in [1.54, 1.807) is 48.5 Å². The molecule has 6 aromatic rings. The Hall–Kier alpha value is -6.38. The minimum atomic E-state index is -0.598. The van der Waals surface area contributed by atoms with Gasteiger partial charge in [0.15, 0.2) is 0 Å². The summed E-state index contributed by atoms with van der Waals surface area (Å²) in [6.07, 6.45) is 1.65. The van der Waals surface area contributed by atoms with E-state index in [1.165, 1.54) is 11.8 Å². The van der Waals surface area contributed by atoms with Crippen LogP contribution < -0.4 is 20.7 Å². The van der Waals surface area contributed by atoms with Crippen LogP contribution in [0.4, 0.5) is 11.4 Å². The second kappa shape index (κ2) is 16.8. The summed E-state index contributed by atoms with van der Waals surface area (Å²) in [4.78, 5) is 41.3. The van der Waals surface area contributed by atoms with Crippen molar-refractivity contribution in [3.63, 3.8) is 0 Å². The number of amides is 3. The zero-order valence-electron chi connectivity index (χ0n) is 27.8. The molecular weight excluding hydrogens is 655 g/mol. The SMILES string of the molecule is Cc1cccc(/C=C(/NC(=O)c2ccccc2)C(=O)Nc2cccc(SC(C(=O)Nc3ccc(Oc4ccccc4)cc3)c3ccccc3)c2)c1. The first-order chi connectivity index (χ1) is 24.9. The van der Waals surface area contributed by atoms with Crippen LogP contribution in [0.15, 0.2) is 174 Å². The molecule has 0 spiro atoms. The quantitative estimate of drug-likeness (QED) is 0.0879. The molecule has 0 saturated heterocycles. The van der Waals surface area contributed by atoms with E-state index < -0.39 is 17.1 Å². The normalized spacial score (nSPS) is 11.6. The Labute approximate surface area is 301 Å². The van der Waals surface area contributed by atoms with Gasteiger partial charge in [0.1, 0.15) is 22.4 Å². The molecule has 3 N–H and O–H groups in total. The molecule has 0 aliphatic heterocycles. The molecule has 6 rings (SSSR count). The fourth-order valence-electron chi connectivity index (χ4n) is 5.19. The van der Waals surface area contributed by atoms with Gasteiger partial charge in [-0.1, -0.05) is 103 Å².